The van der Waals surface area contributed by atoms with Gasteiger partial charge in [0.05, 0.1) is 10.5 Å². The third kappa shape index (κ3) is 6.40. The first-order chi connectivity index (χ1) is 17.7. The van der Waals surface area contributed by atoms with Gasteiger partial charge in [-0.25, -0.2) is 0 Å². The Bertz CT molecular complexity index is 1200. The molecule has 9 heteroatoms. The molecule has 0 spiro atoms. The van der Waals surface area contributed by atoms with E-state index in [0.29, 0.717) is 29.6 Å². The van der Waals surface area contributed by atoms with E-state index < -0.39 is 0 Å². The number of carbonyl (C=O) groups is 4. The second-order valence-electron chi connectivity index (χ2n) is 9.06. The van der Waals surface area contributed by atoms with Crippen molar-refractivity contribution in [2.75, 3.05) is 21.1 Å². The van der Waals surface area contributed by atoms with E-state index in [-0.39, 0.29) is 46.8 Å². The molecule has 0 bridgehead atoms. The Morgan fingerprint density at radius 1 is 1.14 bits per heavy atom. The topological polar surface area (TPSA) is 98.8 Å². The molecule has 1 aliphatic heterocycles. The van der Waals surface area contributed by atoms with Crippen LogP contribution in [0.25, 0.3) is 0 Å². The maximum absolute atomic E-state index is 13.2. The zero-order chi connectivity index (χ0) is 27.1. The summed E-state index contributed by atoms with van der Waals surface area (Å²) >= 11 is 1.49. The molecule has 2 unspecified atom stereocenters. The lowest BCUT2D eigenvalue weighted by Gasteiger charge is -2.25. The van der Waals surface area contributed by atoms with Crippen molar-refractivity contribution < 1.29 is 19.2 Å². The van der Waals surface area contributed by atoms with Crippen molar-refractivity contribution in [3.63, 3.8) is 0 Å². The van der Waals surface area contributed by atoms with Crippen molar-refractivity contribution >= 4 is 35.8 Å². The molecule has 0 aromatic heterocycles. The van der Waals surface area contributed by atoms with Crippen LogP contribution in [0.15, 0.2) is 59.1 Å². The first-order valence-electron chi connectivity index (χ1n) is 12.2. The molecule has 0 radical (unpaired) electrons. The van der Waals surface area contributed by atoms with Crippen LogP contribution < -0.4 is 10.6 Å². The molecule has 2 aromatic carbocycles. The van der Waals surface area contributed by atoms with Crippen LogP contribution in [-0.4, -0.2) is 61.0 Å². The van der Waals surface area contributed by atoms with Gasteiger partial charge >= 0.3 is 0 Å². The van der Waals surface area contributed by atoms with E-state index in [0.717, 1.165) is 11.3 Å². The van der Waals surface area contributed by atoms with Crippen LogP contribution >= 0.6 is 11.8 Å². The minimum Gasteiger partial charge on any atom is -0.361 e. The summed E-state index contributed by atoms with van der Waals surface area (Å²) in [6.45, 7) is 3.89. The van der Waals surface area contributed by atoms with Crippen LogP contribution in [0.1, 0.15) is 63.9 Å². The van der Waals surface area contributed by atoms with Gasteiger partial charge in [-0.1, -0.05) is 54.2 Å². The Morgan fingerprint density at radius 3 is 2.49 bits per heavy atom. The van der Waals surface area contributed by atoms with E-state index in [1.807, 2.05) is 51.2 Å². The molecule has 3 amide bonds. The van der Waals surface area contributed by atoms with Crippen LogP contribution in [-0.2, 0) is 16.1 Å². The van der Waals surface area contributed by atoms with Crippen LogP contribution in [0.4, 0.5) is 0 Å². The highest BCUT2D eigenvalue weighted by Gasteiger charge is 2.32. The Hall–Kier alpha value is -3.59. The van der Waals surface area contributed by atoms with Gasteiger partial charge < -0.3 is 20.4 Å². The van der Waals surface area contributed by atoms with E-state index in [9.17, 15) is 19.2 Å². The maximum atomic E-state index is 13.2. The summed E-state index contributed by atoms with van der Waals surface area (Å²) in [5.74, 6) is -0.621. The number of nitrogens with one attached hydrogen (secondary N) is 2. The second kappa shape index (κ2) is 12.6. The summed E-state index contributed by atoms with van der Waals surface area (Å²) < 4.78 is 0. The summed E-state index contributed by atoms with van der Waals surface area (Å²) in [4.78, 5) is 54.1. The van der Waals surface area contributed by atoms with E-state index in [1.54, 1.807) is 32.3 Å². The lowest BCUT2D eigenvalue weighted by Crippen LogP contribution is -2.36. The van der Waals surface area contributed by atoms with E-state index in [4.69, 9.17) is 0 Å². The maximum Gasteiger partial charge on any atom is 0.259 e. The number of hydrogen-bond donors (Lipinski definition) is 2. The number of rotatable bonds is 10. The highest BCUT2D eigenvalue weighted by atomic mass is 32.2. The molecule has 196 valence electrons. The summed E-state index contributed by atoms with van der Waals surface area (Å²) in [6, 6.07) is 14.9. The number of carbonyl (C=O) groups excluding carboxylic acids is 4. The third-order valence-electron chi connectivity index (χ3n) is 6.76. The smallest absolute Gasteiger partial charge is 0.259 e. The molecule has 1 heterocycles. The van der Waals surface area contributed by atoms with Gasteiger partial charge in [-0.3, -0.25) is 19.2 Å². The lowest BCUT2D eigenvalue weighted by molar-refractivity contribution is -0.121. The molecule has 2 N–H and O–H groups in total. The molecule has 0 saturated heterocycles. The molecule has 0 saturated carbocycles. The highest BCUT2D eigenvalue weighted by Crippen LogP contribution is 2.46. The number of hydrogen-bond acceptors (Lipinski definition) is 6. The predicted molar refractivity (Wildman–Crippen MR) is 146 cm³/mol. The molecular formula is C28H34N4O4S. The van der Waals surface area contributed by atoms with Gasteiger partial charge in [-0.05, 0) is 37.5 Å². The quantitative estimate of drug-likeness (QED) is 0.462. The Balaban J connectivity index is 1.71. The largest absolute Gasteiger partial charge is 0.361 e. The van der Waals surface area contributed by atoms with Gasteiger partial charge in [0.15, 0.2) is 6.29 Å². The standard InChI is InChI=1S/C28H34N4O4S/c1-18(14-15-24(34)29-3)31(4)27(36)22-13-9-12-21(23(22)17-33)16-30-26(35)25-19(2)32(5)28(37-25)20-10-7-6-8-11-20/h6-13,17-18,28H,14-16H2,1-5H3,(H,29,34)(H,30,35). The normalized spacial score (nSPS) is 15.8. The van der Waals surface area contributed by atoms with E-state index >= 15 is 0 Å². The Kier molecular flexibility index (Phi) is 9.52. The van der Waals surface area contributed by atoms with Crippen LogP contribution in [0, 0.1) is 0 Å². The van der Waals surface area contributed by atoms with Crippen molar-refractivity contribution in [3.8, 4) is 0 Å². The molecule has 8 nitrogen and oxygen atoms in total. The number of benzene rings is 2. The predicted octanol–water partition coefficient (Wildman–Crippen LogP) is 3.71. The number of aldehydes is 1. The van der Waals surface area contributed by atoms with Crippen molar-refractivity contribution in [2.45, 2.75) is 44.6 Å². The third-order valence-corrected chi connectivity index (χ3v) is 8.29. The molecule has 2 aromatic rings. The zero-order valence-electron chi connectivity index (χ0n) is 21.9. The first-order valence-corrected chi connectivity index (χ1v) is 13.1. The number of amides is 3. The Morgan fingerprint density at radius 2 is 1.84 bits per heavy atom. The molecule has 0 aliphatic carbocycles. The van der Waals surface area contributed by atoms with E-state index in [2.05, 4.69) is 15.5 Å². The Labute approximate surface area is 222 Å². The number of nitrogens with zero attached hydrogens (tertiary/aromatic N) is 2. The van der Waals surface area contributed by atoms with Gasteiger partial charge in [0.1, 0.15) is 5.37 Å². The number of allylic oxidation sites excluding steroid dienone is 1. The fraction of sp³-hybridized carbons (Fsp3) is 0.357. The fourth-order valence-corrected chi connectivity index (χ4v) is 5.46. The van der Waals surface area contributed by atoms with Gasteiger partial charge in [-0.15, -0.1) is 0 Å². The van der Waals surface area contributed by atoms with Crippen LogP contribution in [0.2, 0.25) is 0 Å². The second-order valence-corrected chi connectivity index (χ2v) is 10.2. The summed E-state index contributed by atoms with van der Waals surface area (Å²) in [5.41, 5.74) is 3.08. The minimum atomic E-state index is -0.308. The fourth-order valence-electron chi connectivity index (χ4n) is 4.14. The summed E-state index contributed by atoms with van der Waals surface area (Å²) in [5, 5.41) is 5.51. The zero-order valence-corrected chi connectivity index (χ0v) is 22.7. The summed E-state index contributed by atoms with van der Waals surface area (Å²) in [6.07, 6.45) is 1.46. The van der Waals surface area contributed by atoms with Crippen molar-refractivity contribution in [1.29, 1.82) is 0 Å². The average molecular weight is 523 g/mol. The summed E-state index contributed by atoms with van der Waals surface area (Å²) in [7, 11) is 5.20. The van der Waals surface area contributed by atoms with E-state index in [1.165, 1.54) is 16.7 Å². The monoisotopic (exact) mass is 522 g/mol. The molecular weight excluding hydrogens is 488 g/mol. The van der Waals surface area contributed by atoms with Crippen molar-refractivity contribution in [2.24, 2.45) is 0 Å². The van der Waals surface area contributed by atoms with Crippen molar-refractivity contribution in [1.82, 2.24) is 20.4 Å². The minimum absolute atomic E-state index is 0.00867. The molecule has 0 fully saturated rings. The highest BCUT2D eigenvalue weighted by molar-refractivity contribution is 8.04. The molecule has 2 atom stereocenters. The van der Waals surface area contributed by atoms with Crippen molar-refractivity contribution in [3.05, 3.63) is 81.4 Å². The molecule has 37 heavy (non-hydrogen) atoms. The molecule has 1 aliphatic rings. The van der Waals surface area contributed by atoms with Gasteiger partial charge in [0.2, 0.25) is 5.91 Å². The molecule has 3 rings (SSSR count). The van der Waals surface area contributed by atoms with Gasteiger partial charge in [0.25, 0.3) is 11.8 Å². The van der Waals surface area contributed by atoms with Crippen LogP contribution in [0.3, 0.4) is 0 Å². The van der Waals surface area contributed by atoms with Gasteiger partial charge in [-0.2, -0.15) is 0 Å². The average Bonchev–Trinajstić information content (AvgIpc) is 3.23. The van der Waals surface area contributed by atoms with Gasteiger partial charge in [0, 0.05) is 51.4 Å². The number of thioether (sulfide) groups is 1. The van der Waals surface area contributed by atoms with Crippen LogP contribution in [0.5, 0.6) is 0 Å². The SMILES string of the molecule is CNC(=O)CCC(C)N(C)C(=O)c1cccc(CNC(=O)C2=C(C)N(C)C(c3ccccc3)S2)c1C=O. The first kappa shape index (κ1) is 28.0. The lowest BCUT2D eigenvalue weighted by atomic mass is 10.00.